The number of carbonyl (C=O) groups excluding carboxylic acids is 1. The van der Waals surface area contributed by atoms with Gasteiger partial charge in [-0.15, -0.1) is 0 Å². The molecule has 1 aromatic carbocycles. The number of halogens is 1. The molecule has 2 aliphatic heterocycles. The Bertz CT molecular complexity index is 590. The van der Waals surface area contributed by atoms with Crippen molar-refractivity contribution in [3.05, 3.63) is 29.3 Å². The number of ether oxygens (including phenoxy) is 1. The minimum absolute atomic E-state index is 0.0904. The van der Waals surface area contributed by atoms with E-state index in [9.17, 15) is 4.79 Å². The molecule has 0 saturated carbocycles. The van der Waals surface area contributed by atoms with Gasteiger partial charge in [0.25, 0.3) is 5.91 Å². The molecule has 1 N–H and O–H groups in total. The SMILES string of the molecule is CC(C)C(Oc1cccc(Cl)c1)C(=O)N1CCC(N2CCNCC2)C1. The number of benzene rings is 1. The quantitative estimate of drug-likeness (QED) is 0.869. The van der Waals surface area contributed by atoms with E-state index in [1.165, 1.54) is 0 Å². The van der Waals surface area contributed by atoms with Crippen LogP contribution >= 0.6 is 11.6 Å². The molecule has 0 aliphatic carbocycles. The van der Waals surface area contributed by atoms with Gasteiger partial charge in [-0.3, -0.25) is 9.69 Å². The van der Waals surface area contributed by atoms with Crippen LogP contribution in [0.1, 0.15) is 20.3 Å². The summed E-state index contributed by atoms with van der Waals surface area (Å²) in [6, 6.07) is 7.74. The Kier molecular flexibility index (Phi) is 6.20. The predicted octanol–water partition coefficient (Wildman–Crippen LogP) is 2.25. The second kappa shape index (κ2) is 8.39. The molecule has 0 aromatic heterocycles. The lowest BCUT2D eigenvalue weighted by molar-refractivity contribution is -0.139. The Hall–Kier alpha value is -1.30. The van der Waals surface area contributed by atoms with Crippen molar-refractivity contribution in [2.75, 3.05) is 39.3 Å². The lowest BCUT2D eigenvalue weighted by Crippen LogP contribution is -2.50. The molecule has 2 atom stereocenters. The summed E-state index contributed by atoms with van der Waals surface area (Å²) in [5.41, 5.74) is 0. The van der Waals surface area contributed by atoms with Crippen molar-refractivity contribution in [2.24, 2.45) is 5.92 Å². The standard InChI is InChI=1S/C19H28ClN3O2/c1-14(2)18(25-17-5-3-4-15(20)12-17)19(24)23-9-6-16(13-23)22-10-7-21-8-11-22/h3-5,12,14,16,18,21H,6-11,13H2,1-2H3. The van der Waals surface area contributed by atoms with Gasteiger partial charge in [0.2, 0.25) is 0 Å². The number of nitrogens with zero attached hydrogens (tertiary/aromatic N) is 2. The summed E-state index contributed by atoms with van der Waals surface area (Å²) in [6.45, 7) is 9.89. The molecule has 2 aliphatic rings. The molecule has 5 nitrogen and oxygen atoms in total. The third kappa shape index (κ3) is 4.66. The molecule has 25 heavy (non-hydrogen) atoms. The minimum Gasteiger partial charge on any atom is -0.480 e. The summed E-state index contributed by atoms with van der Waals surface area (Å²) in [4.78, 5) is 17.5. The highest BCUT2D eigenvalue weighted by atomic mass is 35.5. The first-order chi connectivity index (χ1) is 12.0. The van der Waals surface area contributed by atoms with Gasteiger partial charge in [-0.25, -0.2) is 0 Å². The van der Waals surface area contributed by atoms with Crippen molar-refractivity contribution in [1.82, 2.24) is 15.1 Å². The van der Waals surface area contributed by atoms with Gasteiger partial charge in [0.1, 0.15) is 5.75 Å². The molecule has 3 rings (SSSR count). The first-order valence-electron chi connectivity index (χ1n) is 9.20. The van der Waals surface area contributed by atoms with E-state index in [-0.39, 0.29) is 11.8 Å². The largest absolute Gasteiger partial charge is 0.480 e. The van der Waals surface area contributed by atoms with Gasteiger partial charge in [-0.1, -0.05) is 31.5 Å². The summed E-state index contributed by atoms with van der Waals surface area (Å²) < 4.78 is 6.01. The minimum atomic E-state index is -0.472. The van der Waals surface area contributed by atoms with E-state index < -0.39 is 6.10 Å². The van der Waals surface area contributed by atoms with Gasteiger partial charge in [-0.2, -0.15) is 0 Å². The first-order valence-corrected chi connectivity index (χ1v) is 9.58. The molecule has 2 heterocycles. The Labute approximate surface area is 155 Å². The fourth-order valence-corrected chi connectivity index (χ4v) is 3.81. The van der Waals surface area contributed by atoms with E-state index in [1.807, 2.05) is 30.9 Å². The van der Waals surface area contributed by atoms with Gasteiger partial charge in [-0.05, 0) is 30.5 Å². The number of carbonyl (C=O) groups is 1. The van der Waals surface area contributed by atoms with Crippen LogP contribution in [0, 0.1) is 5.92 Å². The van der Waals surface area contributed by atoms with Gasteiger partial charge in [0.15, 0.2) is 6.10 Å². The van der Waals surface area contributed by atoms with E-state index in [0.29, 0.717) is 16.8 Å². The van der Waals surface area contributed by atoms with E-state index in [4.69, 9.17) is 16.3 Å². The number of likely N-dealkylation sites (tertiary alicyclic amines) is 1. The molecule has 6 heteroatoms. The van der Waals surface area contributed by atoms with Crippen LogP contribution in [0.25, 0.3) is 0 Å². The monoisotopic (exact) mass is 365 g/mol. The van der Waals surface area contributed by atoms with Gasteiger partial charge >= 0.3 is 0 Å². The smallest absolute Gasteiger partial charge is 0.263 e. The molecule has 0 bridgehead atoms. The summed E-state index contributed by atoms with van der Waals surface area (Å²) in [5, 5.41) is 4.00. The Morgan fingerprint density at radius 2 is 2.04 bits per heavy atom. The van der Waals surface area contributed by atoms with Crippen molar-refractivity contribution < 1.29 is 9.53 Å². The van der Waals surface area contributed by atoms with Crippen LogP contribution < -0.4 is 10.1 Å². The van der Waals surface area contributed by atoms with Crippen LogP contribution in [0.5, 0.6) is 5.75 Å². The normalized spacial score (nSPS) is 23.0. The number of hydrogen-bond acceptors (Lipinski definition) is 4. The topological polar surface area (TPSA) is 44.8 Å². The van der Waals surface area contributed by atoms with Crippen LogP contribution in [0.3, 0.4) is 0 Å². The van der Waals surface area contributed by atoms with E-state index in [1.54, 1.807) is 12.1 Å². The first kappa shape index (κ1) is 18.5. The molecule has 1 aromatic rings. The van der Waals surface area contributed by atoms with Crippen molar-refractivity contribution in [3.63, 3.8) is 0 Å². The molecule has 1 amide bonds. The fourth-order valence-electron chi connectivity index (χ4n) is 3.63. The third-order valence-corrected chi connectivity index (χ3v) is 5.29. The van der Waals surface area contributed by atoms with Crippen molar-refractivity contribution in [1.29, 1.82) is 0 Å². The van der Waals surface area contributed by atoms with Gasteiger partial charge < -0.3 is 15.0 Å². The maximum atomic E-state index is 13.0. The molecule has 2 saturated heterocycles. The van der Waals surface area contributed by atoms with Crippen LogP contribution in [0.2, 0.25) is 5.02 Å². The van der Waals surface area contributed by atoms with Crippen LogP contribution in [-0.2, 0) is 4.79 Å². The summed E-state index contributed by atoms with van der Waals surface area (Å²) in [6.07, 6.45) is 0.577. The highest BCUT2D eigenvalue weighted by Gasteiger charge is 2.36. The van der Waals surface area contributed by atoms with Gasteiger partial charge in [0, 0.05) is 50.3 Å². The van der Waals surface area contributed by atoms with Crippen LogP contribution in [0.15, 0.2) is 24.3 Å². The zero-order valence-corrected chi connectivity index (χ0v) is 15.8. The molecular weight excluding hydrogens is 338 g/mol. The number of hydrogen-bond donors (Lipinski definition) is 1. The summed E-state index contributed by atoms with van der Waals surface area (Å²) >= 11 is 6.03. The second-order valence-electron chi connectivity index (χ2n) is 7.25. The number of amides is 1. The molecule has 0 radical (unpaired) electrons. The number of piperazine rings is 1. The zero-order chi connectivity index (χ0) is 17.8. The zero-order valence-electron chi connectivity index (χ0n) is 15.1. The Morgan fingerprint density at radius 1 is 1.28 bits per heavy atom. The molecule has 0 spiro atoms. The summed E-state index contributed by atoms with van der Waals surface area (Å²) in [5.74, 6) is 0.842. The van der Waals surface area contributed by atoms with E-state index >= 15 is 0 Å². The van der Waals surface area contributed by atoms with Crippen molar-refractivity contribution in [3.8, 4) is 5.75 Å². The average molecular weight is 366 g/mol. The lowest BCUT2D eigenvalue weighted by Gasteiger charge is -2.33. The van der Waals surface area contributed by atoms with Crippen molar-refractivity contribution in [2.45, 2.75) is 32.4 Å². The predicted molar refractivity (Wildman–Crippen MR) is 100 cm³/mol. The summed E-state index contributed by atoms with van der Waals surface area (Å²) in [7, 11) is 0. The van der Waals surface area contributed by atoms with E-state index in [0.717, 1.165) is 45.7 Å². The third-order valence-electron chi connectivity index (χ3n) is 5.05. The Balaban J connectivity index is 1.62. The molecule has 138 valence electrons. The number of rotatable bonds is 5. The fraction of sp³-hybridized carbons (Fsp3) is 0.632. The van der Waals surface area contributed by atoms with E-state index in [2.05, 4.69) is 10.2 Å². The number of nitrogens with one attached hydrogen (secondary N) is 1. The van der Waals surface area contributed by atoms with Crippen molar-refractivity contribution >= 4 is 17.5 Å². The van der Waals surface area contributed by atoms with Crippen LogP contribution in [-0.4, -0.2) is 67.1 Å². The second-order valence-corrected chi connectivity index (χ2v) is 7.69. The molecule has 2 unspecified atom stereocenters. The average Bonchev–Trinajstić information content (AvgIpc) is 3.10. The maximum Gasteiger partial charge on any atom is 0.263 e. The highest BCUT2D eigenvalue weighted by Crippen LogP contribution is 2.23. The highest BCUT2D eigenvalue weighted by molar-refractivity contribution is 6.30. The maximum absolute atomic E-state index is 13.0. The van der Waals surface area contributed by atoms with Gasteiger partial charge in [0.05, 0.1) is 0 Å². The molecular formula is C19H28ClN3O2. The lowest BCUT2D eigenvalue weighted by atomic mass is 10.1. The van der Waals surface area contributed by atoms with Crippen LogP contribution in [0.4, 0.5) is 0 Å². The Morgan fingerprint density at radius 3 is 2.72 bits per heavy atom. The molecule has 2 fully saturated rings.